The van der Waals surface area contributed by atoms with E-state index in [1.807, 2.05) is 6.07 Å². The summed E-state index contributed by atoms with van der Waals surface area (Å²) in [5.74, 6) is 1.84. The number of fused-ring (bicyclic) bond motifs is 1. The maximum absolute atomic E-state index is 4.51. The van der Waals surface area contributed by atoms with E-state index in [1.165, 1.54) is 10.9 Å². The Morgan fingerprint density at radius 1 is 0.867 bits per heavy atom. The molecular formula is C24H26N6. The minimum absolute atomic E-state index is 0.704. The number of H-pyrrole nitrogens is 1. The van der Waals surface area contributed by atoms with Gasteiger partial charge in [-0.1, -0.05) is 48.5 Å². The molecule has 0 unspecified atom stereocenters. The molecule has 152 valence electrons. The van der Waals surface area contributed by atoms with Gasteiger partial charge in [0, 0.05) is 50.0 Å². The van der Waals surface area contributed by atoms with E-state index in [1.54, 1.807) is 6.33 Å². The van der Waals surface area contributed by atoms with Crippen molar-refractivity contribution >= 4 is 22.5 Å². The molecule has 30 heavy (non-hydrogen) atoms. The summed E-state index contributed by atoms with van der Waals surface area (Å²) in [6.07, 6.45) is 1.65. The van der Waals surface area contributed by atoms with Crippen LogP contribution in [0.2, 0.25) is 0 Å². The summed E-state index contributed by atoms with van der Waals surface area (Å²) in [7, 11) is 0. The number of benzene rings is 2. The van der Waals surface area contributed by atoms with Gasteiger partial charge in [-0.25, -0.2) is 9.97 Å². The van der Waals surface area contributed by atoms with Gasteiger partial charge >= 0.3 is 0 Å². The third-order valence-corrected chi connectivity index (χ3v) is 5.64. The van der Waals surface area contributed by atoms with Crippen LogP contribution in [0.4, 0.5) is 11.6 Å². The predicted molar refractivity (Wildman–Crippen MR) is 122 cm³/mol. The van der Waals surface area contributed by atoms with Crippen LogP contribution in [0.1, 0.15) is 11.3 Å². The Balaban J connectivity index is 1.18. The van der Waals surface area contributed by atoms with Crippen LogP contribution in [0.3, 0.4) is 0 Å². The second-order valence-electron chi connectivity index (χ2n) is 7.75. The highest BCUT2D eigenvalue weighted by Crippen LogP contribution is 2.19. The average Bonchev–Trinajstić information content (AvgIpc) is 3.22. The third kappa shape index (κ3) is 4.28. The lowest BCUT2D eigenvalue weighted by atomic mass is 10.2. The van der Waals surface area contributed by atoms with Crippen molar-refractivity contribution < 1.29 is 0 Å². The van der Waals surface area contributed by atoms with Crippen molar-refractivity contribution in [3.8, 4) is 0 Å². The van der Waals surface area contributed by atoms with Gasteiger partial charge < -0.3 is 15.2 Å². The predicted octanol–water partition coefficient (Wildman–Crippen LogP) is 3.89. The fraction of sp³-hybridized carbons (Fsp3) is 0.250. The SMILES string of the molecule is c1ccc(CN2CCN(c3cc(NCc4cc5ccccc5[nH]4)ncn3)CC2)cc1. The highest BCUT2D eigenvalue weighted by Gasteiger charge is 2.18. The summed E-state index contributed by atoms with van der Waals surface area (Å²) in [6.45, 7) is 5.75. The Kier molecular flexibility index (Phi) is 5.31. The summed E-state index contributed by atoms with van der Waals surface area (Å²) >= 11 is 0. The highest BCUT2D eigenvalue weighted by atomic mass is 15.3. The lowest BCUT2D eigenvalue weighted by Gasteiger charge is -2.35. The molecule has 1 saturated heterocycles. The number of para-hydroxylation sites is 1. The molecule has 1 aliphatic rings. The zero-order valence-electron chi connectivity index (χ0n) is 17.0. The molecule has 5 rings (SSSR count). The number of hydrogen-bond donors (Lipinski definition) is 2. The summed E-state index contributed by atoms with van der Waals surface area (Å²) in [5.41, 5.74) is 3.67. The second-order valence-corrected chi connectivity index (χ2v) is 7.75. The summed E-state index contributed by atoms with van der Waals surface area (Å²) in [4.78, 5) is 17.2. The van der Waals surface area contributed by atoms with Gasteiger partial charge in [-0.05, 0) is 23.1 Å². The molecule has 0 atom stereocenters. The normalized spacial score (nSPS) is 14.9. The number of nitrogens with one attached hydrogen (secondary N) is 2. The van der Waals surface area contributed by atoms with Crippen molar-refractivity contribution in [1.29, 1.82) is 0 Å². The number of aromatic nitrogens is 3. The van der Waals surface area contributed by atoms with Crippen molar-refractivity contribution in [2.24, 2.45) is 0 Å². The molecule has 0 spiro atoms. The van der Waals surface area contributed by atoms with E-state index in [4.69, 9.17) is 0 Å². The fourth-order valence-electron chi connectivity index (χ4n) is 4.01. The standard InChI is InChI=1S/C24H26N6/c1-2-6-19(7-3-1)17-29-10-12-30(13-11-29)24-15-23(26-18-27-24)25-16-21-14-20-8-4-5-9-22(20)28-21/h1-9,14-15,18,28H,10-13,16-17H2,(H,25,26,27). The average molecular weight is 399 g/mol. The minimum atomic E-state index is 0.704. The Bertz CT molecular complexity index is 1070. The first-order chi connectivity index (χ1) is 14.8. The Morgan fingerprint density at radius 2 is 1.67 bits per heavy atom. The lowest BCUT2D eigenvalue weighted by molar-refractivity contribution is 0.249. The van der Waals surface area contributed by atoms with E-state index < -0.39 is 0 Å². The van der Waals surface area contributed by atoms with E-state index in [2.05, 4.69) is 90.7 Å². The van der Waals surface area contributed by atoms with Crippen LogP contribution < -0.4 is 10.2 Å². The van der Waals surface area contributed by atoms with Gasteiger partial charge in [0.15, 0.2) is 0 Å². The highest BCUT2D eigenvalue weighted by molar-refractivity contribution is 5.80. The van der Waals surface area contributed by atoms with Crippen molar-refractivity contribution in [3.05, 3.63) is 84.3 Å². The van der Waals surface area contributed by atoms with Gasteiger partial charge in [0.2, 0.25) is 0 Å². The van der Waals surface area contributed by atoms with Crippen LogP contribution in [0.5, 0.6) is 0 Å². The van der Waals surface area contributed by atoms with E-state index in [9.17, 15) is 0 Å². The van der Waals surface area contributed by atoms with Crippen LogP contribution in [0.15, 0.2) is 73.1 Å². The smallest absolute Gasteiger partial charge is 0.134 e. The Labute approximate surface area is 176 Å². The molecule has 6 nitrogen and oxygen atoms in total. The number of rotatable bonds is 6. The van der Waals surface area contributed by atoms with Crippen LogP contribution in [-0.4, -0.2) is 46.0 Å². The van der Waals surface area contributed by atoms with E-state index in [0.717, 1.165) is 55.6 Å². The van der Waals surface area contributed by atoms with Crippen LogP contribution in [0.25, 0.3) is 10.9 Å². The maximum Gasteiger partial charge on any atom is 0.134 e. The number of anilines is 2. The topological polar surface area (TPSA) is 60.1 Å². The van der Waals surface area contributed by atoms with Crippen molar-refractivity contribution in [3.63, 3.8) is 0 Å². The van der Waals surface area contributed by atoms with E-state index >= 15 is 0 Å². The number of nitrogens with zero attached hydrogens (tertiary/aromatic N) is 4. The second kappa shape index (κ2) is 8.55. The summed E-state index contributed by atoms with van der Waals surface area (Å²) in [5, 5.41) is 4.65. The third-order valence-electron chi connectivity index (χ3n) is 5.64. The molecule has 0 saturated carbocycles. The van der Waals surface area contributed by atoms with Gasteiger partial charge in [-0.15, -0.1) is 0 Å². The Hall–Kier alpha value is -3.38. The van der Waals surface area contributed by atoms with Crippen LogP contribution in [0, 0.1) is 0 Å². The zero-order valence-corrected chi connectivity index (χ0v) is 17.0. The molecule has 0 bridgehead atoms. The maximum atomic E-state index is 4.51. The molecule has 3 heterocycles. The number of aromatic amines is 1. The Morgan fingerprint density at radius 3 is 2.50 bits per heavy atom. The molecule has 2 aromatic carbocycles. The van der Waals surface area contributed by atoms with Crippen LogP contribution >= 0.6 is 0 Å². The molecule has 6 heteroatoms. The van der Waals surface area contributed by atoms with E-state index in [0.29, 0.717) is 6.54 Å². The largest absolute Gasteiger partial charge is 0.364 e. The van der Waals surface area contributed by atoms with Crippen LogP contribution in [-0.2, 0) is 13.1 Å². The van der Waals surface area contributed by atoms with Crippen molar-refractivity contribution in [2.45, 2.75) is 13.1 Å². The monoisotopic (exact) mass is 398 g/mol. The first-order valence-electron chi connectivity index (χ1n) is 10.5. The quantitative estimate of drug-likeness (QED) is 0.516. The van der Waals surface area contributed by atoms with Crippen molar-refractivity contribution in [2.75, 3.05) is 36.4 Å². The molecule has 1 fully saturated rings. The van der Waals surface area contributed by atoms with Gasteiger partial charge in [0.05, 0.1) is 6.54 Å². The van der Waals surface area contributed by atoms with Gasteiger partial charge in [-0.2, -0.15) is 0 Å². The molecule has 0 amide bonds. The zero-order chi connectivity index (χ0) is 20.2. The lowest BCUT2D eigenvalue weighted by Crippen LogP contribution is -2.46. The van der Waals surface area contributed by atoms with E-state index in [-0.39, 0.29) is 0 Å². The molecule has 0 aliphatic carbocycles. The first-order valence-corrected chi connectivity index (χ1v) is 10.5. The molecule has 2 N–H and O–H groups in total. The number of hydrogen-bond acceptors (Lipinski definition) is 5. The molecule has 1 aliphatic heterocycles. The first kappa shape index (κ1) is 18.6. The van der Waals surface area contributed by atoms with Gasteiger partial charge in [0.25, 0.3) is 0 Å². The minimum Gasteiger partial charge on any atom is -0.364 e. The van der Waals surface area contributed by atoms with Gasteiger partial charge in [-0.3, -0.25) is 4.90 Å². The fourth-order valence-corrected chi connectivity index (χ4v) is 4.01. The molecule has 2 aromatic heterocycles. The molecule has 0 radical (unpaired) electrons. The molecular weight excluding hydrogens is 372 g/mol. The summed E-state index contributed by atoms with van der Waals surface area (Å²) in [6, 6.07) is 23.2. The molecule has 4 aromatic rings. The summed E-state index contributed by atoms with van der Waals surface area (Å²) < 4.78 is 0. The van der Waals surface area contributed by atoms with Gasteiger partial charge in [0.1, 0.15) is 18.0 Å². The van der Waals surface area contributed by atoms with Crippen molar-refractivity contribution in [1.82, 2.24) is 19.9 Å². The number of piperazine rings is 1.